The van der Waals surface area contributed by atoms with Gasteiger partial charge in [0.15, 0.2) is 11.5 Å². The van der Waals surface area contributed by atoms with E-state index in [0.717, 1.165) is 9.87 Å². The van der Waals surface area contributed by atoms with Crippen molar-refractivity contribution in [1.82, 2.24) is 9.21 Å². The molecule has 0 aromatic heterocycles. The van der Waals surface area contributed by atoms with Crippen molar-refractivity contribution in [2.45, 2.75) is 11.4 Å². The molecule has 2 aromatic rings. The second kappa shape index (κ2) is 11.2. The molecule has 0 aliphatic rings. The number of nitrogens with one attached hydrogen (secondary N) is 1. The van der Waals surface area contributed by atoms with Gasteiger partial charge in [-0.2, -0.15) is 0 Å². The number of hydrogen-bond donors (Lipinski definition) is 1. The van der Waals surface area contributed by atoms with Crippen molar-refractivity contribution < 1.29 is 32.2 Å². The molecule has 2 aromatic carbocycles. The lowest BCUT2D eigenvalue weighted by Gasteiger charge is -2.20. The fourth-order valence-electron chi connectivity index (χ4n) is 3.23. The number of anilines is 1. The van der Waals surface area contributed by atoms with Gasteiger partial charge in [0.2, 0.25) is 21.7 Å². The van der Waals surface area contributed by atoms with E-state index in [0.29, 0.717) is 29.5 Å². The molecule has 0 bridgehead atoms. The summed E-state index contributed by atoms with van der Waals surface area (Å²) in [6, 6.07) is 8.08. The molecule has 0 spiro atoms. The number of benzene rings is 2. The zero-order chi connectivity index (χ0) is 24.8. The van der Waals surface area contributed by atoms with Crippen LogP contribution in [0.1, 0.15) is 5.56 Å². The van der Waals surface area contributed by atoms with Crippen LogP contribution in [0.2, 0.25) is 0 Å². The average Bonchev–Trinajstić information content (AvgIpc) is 2.78. The van der Waals surface area contributed by atoms with Crippen LogP contribution in [0.4, 0.5) is 5.69 Å². The molecule has 11 heteroatoms. The molecule has 0 aliphatic heterocycles. The molecular formula is C22H31N3O7S. The van der Waals surface area contributed by atoms with Crippen LogP contribution < -0.4 is 24.3 Å². The van der Waals surface area contributed by atoms with Gasteiger partial charge >= 0.3 is 0 Å². The topological polar surface area (TPSA) is 107 Å². The normalized spacial score (nSPS) is 11.4. The predicted molar refractivity (Wildman–Crippen MR) is 125 cm³/mol. The highest BCUT2D eigenvalue weighted by Gasteiger charge is 2.23. The smallest absolute Gasteiger partial charge is 0.246 e. The number of sulfonamides is 1. The number of nitrogens with zero attached hydrogens (tertiary/aromatic N) is 2. The fourth-order valence-corrected chi connectivity index (χ4v) is 4.31. The van der Waals surface area contributed by atoms with E-state index >= 15 is 0 Å². The molecule has 1 amide bonds. The third-order valence-corrected chi connectivity index (χ3v) is 6.68. The minimum Gasteiger partial charge on any atom is -0.495 e. The van der Waals surface area contributed by atoms with Crippen molar-refractivity contribution in [3.05, 3.63) is 35.9 Å². The molecule has 0 heterocycles. The van der Waals surface area contributed by atoms with Gasteiger partial charge in [0.05, 0.1) is 35.0 Å². The molecule has 0 fully saturated rings. The van der Waals surface area contributed by atoms with Crippen LogP contribution in [-0.4, -0.2) is 79.7 Å². The van der Waals surface area contributed by atoms with Crippen LogP contribution in [0.25, 0.3) is 0 Å². The van der Waals surface area contributed by atoms with Gasteiger partial charge in [0.1, 0.15) is 10.6 Å². The summed E-state index contributed by atoms with van der Waals surface area (Å²) in [5, 5.41) is 2.74. The number of carbonyl (C=O) groups excluding carboxylic acids is 1. The zero-order valence-corrected chi connectivity index (χ0v) is 20.8. The minimum atomic E-state index is -3.75. The number of amides is 1. The van der Waals surface area contributed by atoms with Crippen molar-refractivity contribution in [3.8, 4) is 23.0 Å². The van der Waals surface area contributed by atoms with Crippen LogP contribution in [-0.2, 0) is 21.4 Å². The van der Waals surface area contributed by atoms with Crippen LogP contribution in [0.3, 0.4) is 0 Å². The van der Waals surface area contributed by atoms with Gasteiger partial charge in [0.25, 0.3) is 0 Å². The Morgan fingerprint density at radius 3 is 2.03 bits per heavy atom. The third-order valence-electron chi connectivity index (χ3n) is 4.85. The average molecular weight is 482 g/mol. The molecule has 10 nitrogen and oxygen atoms in total. The largest absolute Gasteiger partial charge is 0.495 e. The Morgan fingerprint density at radius 2 is 1.48 bits per heavy atom. The highest BCUT2D eigenvalue weighted by atomic mass is 32.2. The lowest BCUT2D eigenvalue weighted by molar-refractivity contribution is -0.117. The van der Waals surface area contributed by atoms with Gasteiger partial charge in [-0.1, -0.05) is 6.07 Å². The second-order valence-corrected chi connectivity index (χ2v) is 9.49. The fraction of sp³-hybridized carbons (Fsp3) is 0.409. The SMILES string of the molecule is COc1ccc(NC(=O)CN(C)Cc2ccc(OC)c(OC)c2OC)cc1S(=O)(=O)N(C)C. The highest BCUT2D eigenvalue weighted by Crippen LogP contribution is 2.40. The van der Waals surface area contributed by atoms with Crippen molar-refractivity contribution in [1.29, 1.82) is 0 Å². The predicted octanol–water partition coefficient (Wildman–Crippen LogP) is 2.04. The maximum absolute atomic E-state index is 12.6. The molecule has 0 atom stereocenters. The van der Waals surface area contributed by atoms with E-state index < -0.39 is 10.0 Å². The first-order valence-corrected chi connectivity index (χ1v) is 11.4. The Labute approximate surface area is 195 Å². The summed E-state index contributed by atoms with van der Waals surface area (Å²) in [5.74, 6) is 1.43. The van der Waals surface area contributed by atoms with Crippen molar-refractivity contribution in [2.75, 3.05) is 61.4 Å². The molecule has 33 heavy (non-hydrogen) atoms. The summed E-state index contributed by atoms with van der Waals surface area (Å²) in [7, 11) is 6.89. The van der Waals surface area contributed by atoms with E-state index in [-0.39, 0.29) is 23.1 Å². The van der Waals surface area contributed by atoms with Crippen LogP contribution >= 0.6 is 0 Å². The summed E-state index contributed by atoms with van der Waals surface area (Å²) >= 11 is 0. The summed E-state index contributed by atoms with van der Waals surface area (Å²) < 4.78 is 47.6. The number of likely N-dealkylation sites (N-methyl/N-ethyl adjacent to an activating group) is 1. The maximum Gasteiger partial charge on any atom is 0.246 e. The lowest BCUT2D eigenvalue weighted by atomic mass is 10.1. The molecule has 0 saturated heterocycles. The summed E-state index contributed by atoms with van der Waals surface area (Å²) in [4.78, 5) is 14.4. The Kier molecular flexibility index (Phi) is 8.91. The van der Waals surface area contributed by atoms with Crippen LogP contribution in [0.15, 0.2) is 35.2 Å². The van der Waals surface area contributed by atoms with E-state index in [1.807, 2.05) is 6.07 Å². The quantitative estimate of drug-likeness (QED) is 0.520. The van der Waals surface area contributed by atoms with Gasteiger partial charge in [-0.05, 0) is 31.3 Å². The number of ether oxygens (including phenoxy) is 4. The van der Waals surface area contributed by atoms with Crippen molar-refractivity contribution in [2.24, 2.45) is 0 Å². The lowest BCUT2D eigenvalue weighted by Crippen LogP contribution is -2.30. The van der Waals surface area contributed by atoms with E-state index in [1.165, 1.54) is 47.6 Å². The third kappa shape index (κ3) is 6.06. The molecule has 2 rings (SSSR count). The van der Waals surface area contributed by atoms with E-state index in [1.54, 1.807) is 31.2 Å². The monoisotopic (exact) mass is 481 g/mol. The van der Waals surface area contributed by atoms with E-state index in [4.69, 9.17) is 18.9 Å². The summed E-state index contributed by atoms with van der Waals surface area (Å²) in [6.07, 6.45) is 0. The first-order chi connectivity index (χ1) is 15.6. The van der Waals surface area contributed by atoms with Gasteiger partial charge < -0.3 is 24.3 Å². The first kappa shape index (κ1) is 26.2. The molecule has 1 N–H and O–H groups in total. The zero-order valence-electron chi connectivity index (χ0n) is 20.0. The number of carbonyl (C=O) groups is 1. The molecule has 0 saturated carbocycles. The Balaban J connectivity index is 2.16. The summed E-state index contributed by atoms with van der Waals surface area (Å²) in [6.45, 7) is 0.457. The van der Waals surface area contributed by atoms with Crippen LogP contribution in [0.5, 0.6) is 23.0 Å². The molecular weight excluding hydrogens is 450 g/mol. The number of methoxy groups -OCH3 is 4. The molecule has 0 radical (unpaired) electrons. The number of rotatable bonds is 11. The van der Waals surface area contributed by atoms with Crippen LogP contribution in [0, 0.1) is 0 Å². The minimum absolute atomic E-state index is 0.0313. The van der Waals surface area contributed by atoms with E-state index in [2.05, 4.69) is 5.32 Å². The number of hydrogen-bond acceptors (Lipinski definition) is 8. The first-order valence-electron chi connectivity index (χ1n) is 9.95. The van der Waals surface area contributed by atoms with E-state index in [9.17, 15) is 13.2 Å². The Morgan fingerprint density at radius 1 is 0.879 bits per heavy atom. The molecule has 0 unspecified atom stereocenters. The van der Waals surface area contributed by atoms with Crippen molar-refractivity contribution in [3.63, 3.8) is 0 Å². The standard InChI is InChI=1S/C22H31N3O7S/c1-24(2)33(27,28)19-12-16(9-11-17(19)29-4)23-20(26)14-25(3)13-15-8-10-18(30-5)22(32-7)21(15)31-6/h8-12H,13-14H2,1-7H3,(H,23,26). The maximum atomic E-state index is 12.6. The molecule has 0 aliphatic carbocycles. The second-order valence-electron chi connectivity index (χ2n) is 7.37. The Hall–Kier alpha value is -3.02. The van der Waals surface area contributed by atoms with Gasteiger partial charge in [0, 0.05) is 31.9 Å². The van der Waals surface area contributed by atoms with Gasteiger partial charge in [-0.3, -0.25) is 9.69 Å². The van der Waals surface area contributed by atoms with Gasteiger partial charge in [-0.15, -0.1) is 0 Å². The summed E-state index contributed by atoms with van der Waals surface area (Å²) in [5.41, 5.74) is 1.16. The van der Waals surface area contributed by atoms with Crippen molar-refractivity contribution >= 4 is 21.6 Å². The molecule has 182 valence electrons. The highest BCUT2D eigenvalue weighted by molar-refractivity contribution is 7.89. The Bertz CT molecular complexity index is 1090. The van der Waals surface area contributed by atoms with Gasteiger partial charge in [-0.25, -0.2) is 12.7 Å².